The van der Waals surface area contributed by atoms with E-state index in [1.165, 1.54) is 42.7 Å². The highest BCUT2D eigenvalue weighted by Crippen LogP contribution is 2.39. The average Bonchev–Trinajstić information content (AvgIpc) is 3.65. The van der Waals surface area contributed by atoms with Gasteiger partial charge in [-0.05, 0) is 54.2 Å². The number of alkyl halides is 2. The van der Waals surface area contributed by atoms with Gasteiger partial charge in [0.25, 0.3) is 0 Å². The molecule has 0 N–H and O–H groups in total. The number of hydrogen-bond acceptors (Lipinski definition) is 8. The van der Waals surface area contributed by atoms with Gasteiger partial charge in [0.05, 0.1) is 21.5 Å². The summed E-state index contributed by atoms with van der Waals surface area (Å²) in [6.07, 6.45) is 3.70. The van der Waals surface area contributed by atoms with Crippen LogP contribution in [0, 0.1) is 5.92 Å². The van der Waals surface area contributed by atoms with Crippen LogP contribution in [-0.4, -0.2) is 54.6 Å². The van der Waals surface area contributed by atoms with Gasteiger partial charge in [-0.15, -0.1) is 11.8 Å². The first-order valence-electron chi connectivity index (χ1n) is 13.0. The molecule has 2 heterocycles. The molecule has 1 aliphatic carbocycles. The van der Waals surface area contributed by atoms with E-state index in [1.54, 1.807) is 18.2 Å². The van der Waals surface area contributed by atoms with Crippen molar-refractivity contribution in [2.24, 2.45) is 5.92 Å². The van der Waals surface area contributed by atoms with E-state index < -0.39 is 34.1 Å². The van der Waals surface area contributed by atoms with Gasteiger partial charge in [-0.1, -0.05) is 47.5 Å². The summed E-state index contributed by atoms with van der Waals surface area (Å²) in [5.74, 6) is -0.177. The van der Waals surface area contributed by atoms with Crippen LogP contribution in [-0.2, 0) is 26.0 Å². The fourth-order valence-corrected chi connectivity index (χ4v) is 7.97. The molecule has 14 heteroatoms. The number of sulfonamides is 1. The van der Waals surface area contributed by atoms with Gasteiger partial charge in [-0.25, -0.2) is 13.2 Å². The zero-order valence-electron chi connectivity index (χ0n) is 22.0. The SMILES string of the molecule is O=C(O[C@@H](Cc1c(Cl)cncc1Cl)c1ccc(OC(F)F)c(OCC2CC2)c1)C1SCCN1S(=O)(=O)c1ccccc1. The molecule has 1 saturated heterocycles. The highest BCUT2D eigenvalue weighted by atomic mass is 35.5. The lowest BCUT2D eigenvalue weighted by atomic mass is 10.0. The number of benzene rings is 2. The van der Waals surface area contributed by atoms with Gasteiger partial charge in [-0.2, -0.15) is 13.1 Å². The molecule has 2 fully saturated rings. The van der Waals surface area contributed by atoms with E-state index in [9.17, 15) is 22.0 Å². The minimum Gasteiger partial charge on any atom is -0.489 e. The number of hydrogen-bond donors (Lipinski definition) is 0. The number of carbonyl (C=O) groups excluding carboxylic acids is 1. The molecule has 8 nitrogen and oxygen atoms in total. The molecule has 1 unspecified atom stereocenters. The molecule has 0 bridgehead atoms. The van der Waals surface area contributed by atoms with Gasteiger partial charge in [0.2, 0.25) is 10.0 Å². The fourth-order valence-electron chi connectivity index (χ4n) is 4.38. The molecular formula is C28H26Cl2F2N2O6S2. The first kappa shape index (κ1) is 30.8. The number of nitrogens with zero attached hydrogens (tertiary/aromatic N) is 2. The third kappa shape index (κ3) is 7.28. The predicted molar refractivity (Wildman–Crippen MR) is 155 cm³/mol. The Hall–Kier alpha value is -2.64. The number of pyridine rings is 1. The minimum absolute atomic E-state index is 0.00807. The molecule has 42 heavy (non-hydrogen) atoms. The van der Waals surface area contributed by atoms with Crippen molar-refractivity contribution >= 4 is 51.0 Å². The summed E-state index contributed by atoms with van der Waals surface area (Å²) in [6, 6.07) is 12.1. The van der Waals surface area contributed by atoms with Crippen molar-refractivity contribution in [2.45, 2.75) is 42.2 Å². The van der Waals surface area contributed by atoms with Crippen molar-refractivity contribution in [2.75, 3.05) is 18.9 Å². The number of rotatable bonds is 12. The van der Waals surface area contributed by atoms with E-state index in [-0.39, 0.29) is 39.4 Å². The number of ether oxygens (including phenoxy) is 3. The van der Waals surface area contributed by atoms with Crippen molar-refractivity contribution in [3.63, 3.8) is 0 Å². The van der Waals surface area contributed by atoms with Crippen molar-refractivity contribution in [1.82, 2.24) is 9.29 Å². The summed E-state index contributed by atoms with van der Waals surface area (Å²) in [5.41, 5.74) is 0.826. The quantitative estimate of drug-likeness (QED) is 0.207. The number of thioether (sulfide) groups is 1. The summed E-state index contributed by atoms with van der Waals surface area (Å²) in [4.78, 5) is 17.6. The lowest BCUT2D eigenvalue weighted by molar-refractivity contribution is -0.150. The van der Waals surface area contributed by atoms with Crippen LogP contribution >= 0.6 is 35.0 Å². The monoisotopic (exact) mass is 658 g/mol. The Morgan fingerprint density at radius 2 is 1.79 bits per heavy atom. The van der Waals surface area contributed by atoms with E-state index in [0.29, 0.717) is 29.4 Å². The zero-order valence-corrected chi connectivity index (χ0v) is 25.1. The van der Waals surface area contributed by atoms with Crippen LogP contribution in [0.15, 0.2) is 65.8 Å². The first-order valence-corrected chi connectivity index (χ1v) is 16.3. The Kier molecular flexibility index (Phi) is 9.78. The standard InChI is InChI=1S/C28H26Cl2F2N2O6S2/c29-21-14-33-15-22(30)20(21)13-24(18-8-9-23(40-28(31)32)25(12-18)38-16-17-6-7-17)39-27(35)26-34(10-11-41-26)42(36,37)19-4-2-1-3-5-19/h1-5,8-9,12,14-15,17,24,26,28H,6-7,10-11,13,16H2/t24-,26?/m0/s1. The summed E-state index contributed by atoms with van der Waals surface area (Å²) in [7, 11) is -3.99. The van der Waals surface area contributed by atoms with Gasteiger partial charge in [0, 0.05) is 31.1 Å². The third-order valence-electron chi connectivity index (χ3n) is 6.73. The maximum atomic E-state index is 13.6. The Balaban J connectivity index is 1.46. The summed E-state index contributed by atoms with van der Waals surface area (Å²) in [6.45, 7) is -2.63. The van der Waals surface area contributed by atoms with Crippen molar-refractivity contribution in [3.8, 4) is 11.5 Å². The fraction of sp³-hybridized carbons (Fsp3) is 0.357. The van der Waals surface area contributed by atoms with E-state index in [1.807, 2.05) is 0 Å². The lowest BCUT2D eigenvalue weighted by Crippen LogP contribution is -2.40. The first-order chi connectivity index (χ1) is 20.1. The summed E-state index contributed by atoms with van der Waals surface area (Å²) in [5, 5.41) is -0.682. The average molecular weight is 660 g/mol. The molecule has 2 aromatic carbocycles. The second-order valence-electron chi connectivity index (χ2n) is 9.70. The van der Waals surface area contributed by atoms with Gasteiger partial charge >= 0.3 is 12.6 Å². The number of halogens is 4. The molecule has 1 aromatic heterocycles. The minimum atomic E-state index is -3.99. The molecule has 0 spiro atoms. The Bertz CT molecular complexity index is 1510. The van der Waals surface area contributed by atoms with Crippen LogP contribution in [0.4, 0.5) is 8.78 Å². The molecule has 1 aliphatic heterocycles. The van der Waals surface area contributed by atoms with Crippen molar-refractivity contribution < 1.29 is 36.2 Å². The molecule has 2 aliphatic rings. The molecule has 0 amide bonds. The normalized spacial score (nSPS) is 18.2. The van der Waals surface area contributed by atoms with Gasteiger partial charge < -0.3 is 14.2 Å². The number of carbonyl (C=O) groups is 1. The van der Waals surface area contributed by atoms with Gasteiger partial charge in [0.1, 0.15) is 6.10 Å². The van der Waals surface area contributed by atoms with E-state index >= 15 is 0 Å². The Morgan fingerprint density at radius 3 is 2.45 bits per heavy atom. The van der Waals surface area contributed by atoms with E-state index in [4.69, 9.17) is 32.7 Å². The van der Waals surface area contributed by atoms with Crippen molar-refractivity contribution in [1.29, 1.82) is 0 Å². The van der Waals surface area contributed by atoms with Crippen LogP contribution in [0.25, 0.3) is 0 Å². The molecule has 1 saturated carbocycles. The number of esters is 1. The molecular weight excluding hydrogens is 633 g/mol. The van der Waals surface area contributed by atoms with Gasteiger partial charge in [0.15, 0.2) is 16.9 Å². The highest BCUT2D eigenvalue weighted by Gasteiger charge is 2.42. The smallest absolute Gasteiger partial charge is 0.387 e. The maximum absolute atomic E-state index is 13.6. The maximum Gasteiger partial charge on any atom is 0.387 e. The van der Waals surface area contributed by atoms with Crippen LogP contribution in [0.5, 0.6) is 11.5 Å². The van der Waals surface area contributed by atoms with Crippen LogP contribution < -0.4 is 9.47 Å². The summed E-state index contributed by atoms with van der Waals surface area (Å²) >= 11 is 13.9. The van der Waals surface area contributed by atoms with Crippen LogP contribution in [0.2, 0.25) is 10.0 Å². The second-order valence-corrected chi connectivity index (χ2v) is 13.6. The third-order valence-corrected chi connectivity index (χ3v) is 10.6. The Morgan fingerprint density at radius 1 is 1.07 bits per heavy atom. The predicted octanol–water partition coefficient (Wildman–Crippen LogP) is 6.37. The molecule has 2 atom stereocenters. The lowest BCUT2D eigenvalue weighted by Gasteiger charge is -2.26. The molecule has 3 aromatic rings. The number of aromatic nitrogens is 1. The molecule has 5 rings (SSSR count). The van der Waals surface area contributed by atoms with Crippen LogP contribution in [0.3, 0.4) is 0 Å². The van der Waals surface area contributed by atoms with E-state index in [0.717, 1.165) is 28.9 Å². The molecule has 0 radical (unpaired) electrons. The van der Waals surface area contributed by atoms with Crippen LogP contribution in [0.1, 0.15) is 30.1 Å². The largest absolute Gasteiger partial charge is 0.489 e. The summed E-state index contributed by atoms with van der Waals surface area (Å²) < 4.78 is 70.5. The van der Waals surface area contributed by atoms with E-state index in [2.05, 4.69) is 9.72 Å². The Labute approximate surface area is 256 Å². The van der Waals surface area contributed by atoms with Crippen molar-refractivity contribution in [3.05, 3.63) is 82.1 Å². The highest BCUT2D eigenvalue weighted by molar-refractivity contribution is 8.02. The zero-order chi connectivity index (χ0) is 29.9. The topological polar surface area (TPSA) is 95.0 Å². The second kappa shape index (κ2) is 13.3. The van der Waals surface area contributed by atoms with Gasteiger partial charge in [-0.3, -0.25) is 4.98 Å². The molecule has 224 valence electrons.